The number of nitrogens with zero attached hydrogens (tertiary/aromatic N) is 2. The summed E-state index contributed by atoms with van der Waals surface area (Å²) in [6, 6.07) is 5.58. The first-order valence-electron chi connectivity index (χ1n) is 9.93. The second-order valence-corrected chi connectivity index (χ2v) is 10.5. The number of rotatable bonds is 4. The molecule has 10 heteroatoms. The van der Waals surface area contributed by atoms with E-state index >= 15 is 0 Å². The van der Waals surface area contributed by atoms with Crippen molar-refractivity contribution in [2.75, 3.05) is 19.7 Å². The van der Waals surface area contributed by atoms with Gasteiger partial charge in [-0.2, -0.15) is 4.31 Å². The van der Waals surface area contributed by atoms with Crippen LogP contribution in [-0.2, 0) is 14.8 Å². The van der Waals surface area contributed by atoms with Crippen LogP contribution in [0.15, 0.2) is 32.1 Å². The van der Waals surface area contributed by atoms with Crippen LogP contribution in [0.3, 0.4) is 0 Å². The molecule has 2 aliphatic heterocycles. The number of aromatic nitrogens is 1. The summed E-state index contributed by atoms with van der Waals surface area (Å²) in [4.78, 5) is 13.1. The number of piperidine rings is 1. The molecule has 3 heterocycles. The van der Waals surface area contributed by atoms with Crippen LogP contribution in [0.1, 0.15) is 42.3 Å². The highest BCUT2D eigenvalue weighted by molar-refractivity contribution is 9.10. The molecular formula is C20H24BrN3O5S. The molecule has 0 radical (unpaired) electrons. The normalized spacial score (nSPS) is 22.2. The van der Waals surface area contributed by atoms with E-state index in [1.54, 1.807) is 13.8 Å². The van der Waals surface area contributed by atoms with E-state index in [-0.39, 0.29) is 29.1 Å². The molecule has 8 nitrogen and oxygen atoms in total. The molecule has 2 atom stereocenters. The number of ether oxygens (including phenoxy) is 1. The van der Waals surface area contributed by atoms with Gasteiger partial charge < -0.3 is 14.6 Å². The van der Waals surface area contributed by atoms with E-state index in [4.69, 9.17) is 9.26 Å². The summed E-state index contributed by atoms with van der Waals surface area (Å²) in [5, 5.41) is 6.87. The van der Waals surface area contributed by atoms with Crippen LogP contribution in [0, 0.1) is 19.8 Å². The molecule has 1 amide bonds. The quantitative estimate of drug-likeness (QED) is 0.696. The lowest BCUT2D eigenvalue weighted by atomic mass is 9.96. The van der Waals surface area contributed by atoms with Crippen molar-refractivity contribution >= 4 is 31.9 Å². The van der Waals surface area contributed by atoms with Crippen molar-refractivity contribution in [3.8, 4) is 5.75 Å². The van der Waals surface area contributed by atoms with Crippen molar-refractivity contribution in [3.63, 3.8) is 0 Å². The molecule has 30 heavy (non-hydrogen) atoms. The zero-order valence-electron chi connectivity index (χ0n) is 16.9. The van der Waals surface area contributed by atoms with Crippen LogP contribution in [0.25, 0.3) is 0 Å². The maximum Gasteiger partial charge on any atom is 0.248 e. The number of amides is 1. The summed E-state index contributed by atoms with van der Waals surface area (Å²) in [5.74, 6) is 0.489. The minimum atomic E-state index is -3.76. The van der Waals surface area contributed by atoms with Gasteiger partial charge in [0.1, 0.15) is 16.3 Å². The largest absolute Gasteiger partial charge is 0.493 e. The number of hydrogen-bond donors (Lipinski definition) is 1. The van der Waals surface area contributed by atoms with E-state index in [0.29, 0.717) is 38.1 Å². The fraction of sp³-hybridized carbons (Fsp3) is 0.500. The molecule has 4 rings (SSSR count). The Balaban J connectivity index is 1.49. The molecule has 2 aromatic rings. The number of halogens is 1. The molecule has 1 aromatic carbocycles. The minimum absolute atomic E-state index is 0.103. The van der Waals surface area contributed by atoms with Gasteiger partial charge in [-0.1, -0.05) is 21.1 Å². The van der Waals surface area contributed by atoms with E-state index in [1.165, 1.54) is 4.31 Å². The van der Waals surface area contributed by atoms with Crippen molar-refractivity contribution in [1.82, 2.24) is 14.8 Å². The lowest BCUT2D eigenvalue weighted by Gasteiger charge is -2.33. The number of sulfonamides is 1. The Labute approximate surface area is 184 Å². The van der Waals surface area contributed by atoms with Crippen molar-refractivity contribution < 1.29 is 22.5 Å². The Bertz CT molecular complexity index is 1050. The summed E-state index contributed by atoms with van der Waals surface area (Å²) in [6.07, 6.45) is 1.94. The summed E-state index contributed by atoms with van der Waals surface area (Å²) in [7, 11) is -3.76. The van der Waals surface area contributed by atoms with Crippen molar-refractivity contribution in [3.05, 3.63) is 39.7 Å². The molecule has 2 unspecified atom stereocenters. The lowest BCUT2D eigenvalue weighted by Crippen LogP contribution is -2.46. The number of benzene rings is 1. The summed E-state index contributed by atoms with van der Waals surface area (Å²) >= 11 is 3.47. The molecular weight excluding hydrogens is 474 g/mol. The Morgan fingerprint density at radius 2 is 2.10 bits per heavy atom. The van der Waals surface area contributed by atoms with E-state index < -0.39 is 15.9 Å². The van der Waals surface area contributed by atoms with Gasteiger partial charge in [0.15, 0.2) is 5.76 Å². The fourth-order valence-corrected chi connectivity index (χ4v) is 6.35. The predicted octanol–water partition coefficient (Wildman–Crippen LogP) is 3.09. The van der Waals surface area contributed by atoms with Crippen LogP contribution in [0.4, 0.5) is 0 Å². The van der Waals surface area contributed by atoms with E-state index in [0.717, 1.165) is 15.8 Å². The topological polar surface area (TPSA) is 102 Å². The Kier molecular flexibility index (Phi) is 5.91. The van der Waals surface area contributed by atoms with E-state index in [2.05, 4.69) is 26.4 Å². The van der Waals surface area contributed by atoms with Gasteiger partial charge in [-0.15, -0.1) is 0 Å². The Morgan fingerprint density at radius 1 is 1.30 bits per heavy atom. The first-order valence-corrected chi connectivity index (χ1v) is 12.2. The zero-order chi connectivity index (χ0) is 21.5. The average Bonchev–Trinajstić information content (AvgIpc) is 3.07. The monoisotopic (exact) mass is 497 g/mol. The summed E-state index contributed by atoms with van der Waals surface area (Å²) < 4.78 is 39.3. The first-order chi connectivity index (χ1) is 14.3. The average molecular weight is 498 g/mol. The van der Waals surface area contributed by atoms with Gasteiger partial charge in [0.25, 0.3) is 0 Å². The van der Waals surface area contributed by atoms with Gasteiger partial charge in [0.05, 0.1) is 18.6 Å². The van der Waals surface area contributed by atoms with Crippen molar-refractivity contribution in [2.45, 2.75) is 44.0 Å². The number of aryl methyl sites for hydroxylation is 2. The summed E-state index contributed by atoms with van der Waals surface area (Å²) in [5.41, 5.74) is 1.27. The molecule has 1 fully saturated rings. The number of fused-ring (bicyclic) bond motifs is 1. The maximum absolute atomic E-state index is 13.1. The smallest absolute Gasteiger partial charge is 0.248 e. The highest BCUT2D eigenvalue weighted by atomic mass is 79.9. The number of carbonyl (C=O) groups excluding carboxylic acids is 1. The lowest BCUT2D eigenvalue weighted by molar-refractivity contribution is -0.127. The predicted molar refractivity (Wildman–Crippen MR) is 113 cm³/mol. The summed E-state index contributed by atoms with van der Waals surface area (Å²) in [6.45, 7) is 4.24. The molecule has 1 N–H and O–H groups in total. The van der Waals surface area contributed by atoms with Crippen LogP contribution < -0.4 is 10.1 Å². The number of nitrogens with one attached hydrogen (secondary N) is 1. The van der Waals surface area contributed by atoms with E-state index in [9.17, 15) is 13.2 Å². The van der Waals surface area contributed by atoms with Gasteiger partial charge in [-0.3, -0.25) is 4.79 Å². The van der Waals surface area contributed by atoms with Gasteiger partial charge in [0.2, 0.25) is 15.9 Å². The molecule has 162 valence electrons. The van der Waals surface area contributed by atoms with E-state index in [1.807, 2.05) is 18.2 Å². The molecule has 0 aliphatic carbocycles. The number of hydrogen-bond acceptors (Lipinski definition) is 6. The van der Waals surface area contributed by atoms with Crippen LogP contribution in [0.2, 0.25) is 0 Å². The van der Waals surface area contributed by atoms with Gasteiger partial charge in [-0.25, -0.2) is 8.42 Å². The first kappa shape index (κ1) is 21.3. The number of carbonyl (C=O) groups is 1. The minimum Gasteiger partial charge on any atom is -0.493 e. The Hall–Kier alpha value is -1.91. The third-order valence-electron chi connectivity index (χ3n) is 5.65. The molecule has 0 saturated carbocycles. The molecule has 1 aromatic heterocycles. The zero-order valence-corrected chi connectivity index (χ0v) is 19.3. The van der Waals surface area contributed by atoms with Gasteiger partial charge in [-0.05, 0) is 44.9 Å². The molecule has 2 aliphatic rings. The fourth-order valence-electron chi connectivity index (χ4n) is 4.15. The van der Waals surface area contributed by atoms with Crippen LogP contribution in [-0.4, -0.2) is 43.5 Å². The van der Waals surface area contributed by atoms with Crippen LogP contribution >= 0.6 is 15.9 Å². The van der Waals surface area contributed by atoms with Crippen LogP contribution in [0.5, 0.6) is 5.75 Å². The standard InChI is InChI=1S/C20H24BrN3O5S/c1-12-19(13(2)29-23-12)30(26,27)24-8-3-4-14(11-24)20(25)22-17-7-9-28-18-6-5-15(21)10-16(17)18/h5-6,10,14,17H,3-4,7-9,11H2,1-2H3,(H,22,25). The van der Waals surface area contributed by atoms with Crippen molar-refractivity contribution in [2.24, 2.45) is 5.92 Å². The SMILES string of the molecule is Cc1noc(C)c1S(=O)(=O)N1CCCC(C(=O)NC2CCOc3ccc(Br)cc32)C1. The Morgan fingerprint density at radius 3 is 2.83 bits per heavy atom. The molecule has 1 saturated heterocycles. The highest BCUT2D eigenvalue weighted by Gasteiger charge is 2.37. The van der Waals surface area contributed by atoms with Crippen molar-refractivity contribution in [1.29, 1.82) is 0 Å². The third kappa shape index (κ3) is 4.00. The van der Waals surface area contributed by atoms with Gasteiger partial charge in [0, 0.05) is 29.5 Å². The molecule has 0 bridgehead atoms. The second kappa shape index (κ2) is 8.32. The highest BCUT2D eigenvalue weighted by Crippen LogP contribution is 2.35. The third-order valence-corrected chi connectivity index (χ3v) is 8.25. The maximum atomic E-state index is 13.1. The van der Waals surface area contributed by atoms with Gasteiger partial charge >= 0.3 is 0 Å². The second-order valence-electron chi connectivity index (χ2n) is 7.74. The molecule has 0 spiro atoms.